The molecule has 2 N–H and O–H groups in total. The summed E-state index contributed by atoms with van der Waals surface area (Å²) in [5, 5.41) is 6.81. The van der Waals surface area contributed by atoms with Crippen molar-refractivity contribution in [3.63, 3.8) is 0 Å². The highest BCUT2D eigenvalue weighted by Crippen LogP contribution is 2.30. The second kappa shape index (κ2) is 15.4. The van der Waals surface area contributed by atoms with Crippen molar-refractivity contribution in [3.8, 4) is 0 Å². The summed E-state index contributed by atoms with van der Waals surface area (Å²) in [6, 6.07) is 6.22. The molecule has 1 aliphatic rings. The Morgan fingerprint density at radius 2 is 1.88 bits per heavy atom. The molecule has 0 bridgehead atoms. The highest BCUT2D eigenvalue weighted by molar-refractivity contribution is 7.18. The van der Waals surface area contributed by atoms with Gasteiger partial charge in [0.25, 0.3) is 0 Å². The van der Waals surface area contributed by atoms with Gasteiger partial charge in [0, 0.05) is 44.5 Å². The summed E-state index contributed by atoms with van der Waals surface area (Å²) in [5.74, 6) is 0.200. The zero-order valence-corrected chi connectivity index (χ0v) is 25.9. The van der Waals surface area contributed by atoms with Gasteiger partial charge >= 0.3 is 0 Å². The molecule has 1 aromatic heterocycles. The monoisotopic (exact) mass is 568 g/mol. The molecule has 2 amide bonds. The van der Waals surface area contributed by atoms with Gasteiger partial charge in [-0.1, -0.05) is 58.6 Å². The molecule has 40 heavy (non-hydrogen) atoms. The van der Waals surface area contributed by atoms with Crippen LogP contribution in [0.5, 0.6) is 0 Å². The van der Waals surface area contributed by atoms with Crippen LogP contribution < -0.4 is 10.6 Å². The maximum atomic E-state index is 13.7. The van der Waals surface area contributed by atoms with Gasteiger partial charge in [-0.2, -0.15) is 0 Å². The van der Waals surface area contributed by atoms with Gasteiger partial charge in [0.2, 0.25) is 11.8 Å². The number of fused-ring (bicyclic) bond motifs is 1. The number of Topliss-reactive ketones (excluding diaryl/α,β-unsaturated/α-hetero) is 1. The third kappa shape index (κ3) is 9.81. The molecular weight excluding hydrogens is 520 g/mol. The minimum absolute atomic E-state index is 0.0498. The Balaban J connectivity index is 1.74. The molecule has 0 unspecified atom stereocenters. The first-order valence-electron chi connectivity index (χ1n) is 14.8. The maximum Gasteiger partial charge on any atom is 0.224 e. The first kappa shape index (κ1) is 31.9. The Morgan fingerprint density at radius 3 is 2.52 bits per heavy atom. The quantitative estimate of drug-likeness (QED) is 0.272. The van der Waals surface area contributed by atoms with E-state index in [0.29, 0.717) is 43.2 Å². The lowest BCUT2D eigenvalue weighted by Gasteiger charge is -2.28. The Bertz CT molecular complexity index is 1170. The van der Waals surface area contributed by atoms with Crippen LogP contribution in [0.3, 0.4) is 0 Å². The number of carbonyl (C=O) groups is 3. The van der Waals surface area contributed by atoms with E-state index >= 15 is 0 Å². The van der Waals surface area contributed by atoms with Crippen LogP contribution in [0.2, 0.25) is 0 Å². The number of nitrogens with zero attached hydrogens (tertiary/aromatic N) is 2. The number of rotatable bonds is 15. The van der Waals surface area contributed by atoms with Crippen LogP contribution in [-0.4, -0.2) is 61.2 Å². The molecule has 1 heterocycles. The van der Waals surface area contributed by atoms with E-state index in [0.717, 1.165) is 21.6 Å². The average molecular weight is 569 g/mol. The number of hydrogen-bond donors (Lipinski definition) is 2. The number of likely N-dealkylation sites (N-methyl/N-ethyl adjacent to an activating group) is 1. The van der Waals surface area contributed by atoms with Gasteiger partial charge in [0.15, 0.2) is 5.78 Å². The molecule has 0 aliphatic heterocycles. The zero-order chi connectivity index (χ0) is 29.2. The van der Waals surface area contributed by atoms with Gasteiger partial charge in [-0.15, -0.1) is 11.3 Å². The van der Waals surface area contributed by atoms with E-state index in [2.05, 4.69) is 43.2 Å². The summed E-state index contributed by atoms with van der Waals surface area (Å²) in [5.41, 5.74) is 2.78. The molecule has 1 aromatic carbocycles. The number of aromatic nitrogens is 1. The molecule has 220 valence electrons. The van der Waals surface area contributed by atoms with Crippen molar-refractivity contribution < 1.29 is 14.4 Å². The number of amides is 2. The summed E-state index contributed by atoms with van der Waals surface area (Å²) in [6.07, 6.45) is 8.36. The predicted octanol–water partition coefficient (Wildman–Crippen LogP) is 5.64. The lowest BCUT2D eigenvalue weighted by atomic mass is 9.83. The van der Waals surface area contributed by atoms with Crippen molar-refractivity contribution >= 4 is 39.2 Å². The van der Waals surface area contributed by atoms with E-state index < -0.39 is 5.92 Å². The molecule has 0 saturated heterocycles. The largest absolute Gasteiger partial charge is 0.359 e. The van der Waals surface area contributed by atoms with E-state index in [1.807, 2.05) is 25.1 Å². The van der Waals surface area contributed by atoms with Crippen LogP contribution in [0.25, 0.3) is 10.2 Å². The molecule has 8 heteroatoms. The lowest BCUT2D eigenvalue weighted by molar-refractivity contribution is -0.130. The predicted molar refractivity (Wildman–Crippen MR) is 165 cm³/mol. The zero-order valence-electron chi connectivity index (χ0n) is 25.1. The SMILES string of the molecule is C=C(CN(C)C)C(=O)CC[C@H](CC1CCCCC1)NC(=O)[C@@H](CC(=O)NC)Cc1nc2ccc(C(C)C)cc2s1. The van der Waals surface area contributed by atoms with Gasteiger partial charge < -0.3 is 15.5 Å². The Hall–Kier alpha value is -2.58. The summed E-state index contributed by atoms with van der Waals surface area (Å²) in [4.78, 5) is 45.6. The average Bonchev–Trinajstić information content (AvgIpc) is 3.32. The fourth-order valence-corrected chi connectivity index (χ4v) is 6.67. The summed E-state index contributed by atoms with van der Waals surface area (Å²) >= 11 is 1.60. The minimum Gasteiger partial charge on any atom is -0.359 e. The molecule has 1 saturated carbocycles. The van der Waals surface area contributed by atoms with E-state index in [1.54, 1.807) is 18.4 Å². The summed E-state index contributed by atoms with van der Waals surface area (Å²) in [6.45, 7) is 8.84. The van der Waals surface area contributed by atoms with Gasteiger partial charge in [-0.3, -0.25) is 14.4 Å². The van der Waals surface area contributed by atoms with Crippen LogP contribution in [-0.2, 0) is 20.8 Å². The fourth-order valence-electron chi connectivity index (χ4n) is 5.57. The van der Waals surface area contributed by atoms with E-state index in [9.17, 15) is 14.4 Å². The van der Waals surface area contributed by atoms with Crippen LogP contribution in [0.4, 0.5) is 0 Å². The van der Waals surface area contributed by atoms with Crippen molar-refractivity contribution in [2.75, 3.05) is 27.7 Å². The molecule has 3 rings (SSSR count). The number of hydrogen-bond acceptors (Lipinski definition) is 6. The first-order valence-corrected chi connectivity index (χ1v) is 15.6. The number of ketones is 1. The number of nitrogens with one attached hydrogen (secondary N) is 2. The third-order valence-electron chi connectivity index (χ3n) is 7.94. The topological polar surface area (TPSA) is 91.4 Å². The normalized spacial score (nSPS) is 15.8. The minimum atomic E-state index is -0.529. The Kier molecular flexibility index (Phi) is 12.3. The molecule has 1 fully saturated rings. The Morgan fingerprint density at radius 1 is 1.15 bits per heavy atom. The van der Waals surface area contributed by atoms with Crippen LogP contribution in [0.15, 0.2) is 30.4 Å². The van der Waals surface area contributed by atoms with E-state index in [1.165, 1.54) is 37.7 Å². The lowest BCUT2D eigenvalue weighted by Crippen LogP contribution is -2.42. The molecule has 0 radical (unpaired) electrons. The van der Waals surface area contributed by atoms with Crippen molar-refractivity contribution in [2.24, 2.45) is 11.8 Å². The standard InChI is InChI=1S/C32H48N4O3S/c1-21(2)24-12-14-27-29(17-24)40-31(35-27)19-25(18-30(38)33-4)32(39)34-26(16-23-10-8-7-9-11-23)13-15-28(37)22(3)20-36(5)6/h12,14,17,21,23,25-26H,3,7-11,13,15-16,18-20H2,1-2,4-6H3,(H,33,38)(H,34,39)/t25-,26+/m0/s1. The van der Waals surface area contributed by atoms with Crippen LogP contribution in [0.1, 0.15) is 88.1 Å². The molecule has 2 atom stereocenters. The molecule has 0 spiro atoms. The number of thiazole rings is 1. The van der Waals surface area contributed by atoms with Crippen molar-refractivity contribution in [1.29, 1.82) is 0 Å². The molecule has 2 aromatic rings. The Labute approximate surface area is 244 Å². The van der Waals surface area contributed by atoms with Gasteiger partial charge in [-0.05, 0) is 56.5 Å². The smallest absolute Gasteiger partial charge is 0.224 e. The maximum absolute atomic E-state index is 13.7. The third-order valence-corrected chi connectivity index (χ3v) is 8.98. The van der Waals surface area contributed by atoms with Crippen LogP contribution in [0, 0.1) is 11.8 Å². The van der Waals surface area contributed by atoms with Gasteiger partial charge in [-0.25, -0.2) is 4.98 Å². The summed E-state index contributed by atoms with van der Waals surface area (Å²) < 4.78 is 1.10. The van der Waals surface area contributed by atoms with E-state index in [-0.39, 0.29) is 30.1 Å². The van der Waals surface area contributed by atoms with Gasteiger partial charge in [0.05, 0.1) is 21.1 Å². The highest BCUT2D eigenvalue weighted by atomic mass is 32.1. The second-order valence-corrected chi connectivity index (χ2v) is 13.1. The van der Waals surface area contributed by atoms with Gasteiger partial charge in [0.1, 0.15) is 0 Å². The van der Waals surface area contributed by atoms with Crippen LogP contribution >= 0.6 is 11.3 Å². The number of carbonyl (C=O) groups excluding carboxylic acids is 3. The van der Waals surface area contributed by atoms with Crippen molar-refractivity contribution in [2.45, 2.75) is 90.0 Å². The molecule has 1 aliphatic carbocycles. The molecule has 7 nitrogen and oxygen atoms in total. The van der Waals surface area contributed by atoms with E-state index in [4.69, 9.17) is 4.98 Å². The highest BCUT2D eigenvalue weighted by Gasteiger charge is 2.28. The first-order chi connectivity index (χ1) is 19.0. The van der Waals surface area contributed by atoms with Crippen molar-refractivity contribution in [3.05, 3.63) is 40.9 Å². The summed E-state index contributed by atoms with van der Waals surface area (Å²) in [7, 11) is 5.44. The molecular formula is C32H48N4O3S. The van der Waals surface area contributed by atoms with Crippen molar-refractivity contribution in [1.82, 2.24) is 20.5 Å². The fraction of sp³-hybridized carbons (Fsp3) is 0.625. The number of benzene rings is 1. The second-order valence-electron chi connectivity index (χ2n) is 12.0.